The Balaban J connectivity index is 0.000000119. The van der Waals surface area contributed by atoms with Gasteiger partial charge in [0.15, 0.2) is 0 Å². The Labute approximate surface area is 767 Å². The van der Waals surface area contributed by atoms with Gasteiger partial charge >= 0.3 is 0 Å². The van der Waals surface area contributed by atoms with Gasteiger partial charge in [0.2, 0.25) is 0 Å². The Bertz CT molecular complexity index is 8180. The van der Waals surface area contributed by atoms with E-state index in [-0.39, 0.29) is 0 Å². The summed E-state index contributed by atoms with van der Waals surface area (Å²) >= 11 is 0. The lowest BCUT2D eigenvalue weighted by atomic mass is 9.96. The van der Waals surface area contributed by atoms with Gasteiger partial charge in [-0.2, -0.15) is 0 Å². The molecule has 3 heterocycles. The van der Waals surface area contributed by atoms with Crippen LogP contribution >= 0.6 is 0 Å². The minimum absolute atomic E-state index is 0.912. The molecule has 0 bridgehead atoms. The molecule has 21 aromatic carbocycles. The molecular formula is C126H88N4O2. The van der Waals surface area contributed by atoms with Crippen LogP contribution in [-0.2, 0) is 0 Å². The number of para-hydroxylation sites is 3. The van der Waals surface area contributed by atoms with Gasteiger partial charge in [0, 0.05) is 88.8 Å². The molecule has 6 nitrogen and oxygen atoms in total. The van der Waals surface area contributed by atoms with Gasteiger partial charge in [-0.05, 0) is 239 Å². The smallest absolute Gasteiger partial charge is 0.135 e. The number of anilines is 6. The van der Waals surface area contributed by atoms with Crippen molar-refractivity contribution in [3.63, 3.8) is 0 Å². The first kappa shape index (κ1) is 80.3. The average molecular weight is 1690 g/mol. The number of benzene rings is 21. The number of furan rings is 2. The van der Waals surface area contributed by atoms with Crippen molar-refractivity contribution in [3.05, 3.63) is 516 Å². The number of nitrogens with one attached hydrogen (secondary N) is 3. The summed E-state index contributed by atoms with van der Waals surface area (Å²) < 4.78 is 14.5. The first-order valence-corrected chi connectivity index (χ1v) is 44.9. The third-order valence-electron chi connectivity index (χ3n) is 24.9. The number of hydrogen-bond donors (Lipinski definition) is 3. The predicted molar refractivity (Wildman–Crippen MR) is 557 cm³/mol. The number of aromatic nitrogens is 1. The molecule has 24 rings (SSSR count). The Kier molecular flexibility index (Phi) is 22.1. The van der Waals surface area contributed by atoms with E-state index in [4.69, 9.17) is 8.83 Å². The number of rotatable bonds is 18. The van der Waals surface area contributed by atoms with Crippen molar-refractivity contribution in [3.8, 4) is 128 Å². The molecule has 0 aliphatic rings. The van der Waals surface area contributed by atoms with Crippen LogP contribution < -0.4 is 16.0 Å². The molecule has 0 amide bonds. The summed E-state index contributed by atoms with van der Waals surface area (Å²) in [4.78, 5) is 0. The predicted octanol–water partition coefficient (Wildman–Crippen LogP) is 35.5. The van der Waals surface area contributed by atoms with Crippen molar-refractivity contribution in [2.75, 3.05) is 16.0 Å². The van der Waals surface area contributed by atoms with Gasteiger partial charge in [0.1, 0.15) is 22.3 Å². The molecule has 0 radical (unpaired) electrons. The van der Waals surface area contributed by atoms with Crippen molar-refractivity contribution in [1.29, 1.82) is 0 Å². The molecule has 0 unspecified atom stereocenters. The van der Waals surface area contributed by atoms with Crippen LogP contribution in [-0.4, -0.2) is 4.57 Å². The molecule has 24 aromatic rings. The molecule has 0 aliphatic carbocycles. The van der Waals surface area contributed by atoms with E-state index in [1.54, 1.807) is 0 Å². The zero-order valence-corrected chi connectivity index (χ0v) is 72.3. The van der Waals surface area contributed by atoms with E-state index in [0.717, 1.165) is 117 Å². The highest BCUT2D eigenvalue weighted by atomic mass is 16.3. The molecule has 3 N–H and O–H groups in total. The minimum atomic E-state index is 0.912. The second-order valence-corrected chi connectivity index (χ2v) is 33.3. The normalized spacial score (nSPS) is 11.2. The fourth-order valence-corrected chi connectivity index (χ4v) is 18.3. The highest BCUT2D eigenvalue weighted by Crippen LogP contribution is 2.45. The van der Waals surface area contributed by atoms with Crippen LogP contribution in [0.15, 0.2) is 524 Å². The van der Waals surface area contributed by atoms with Gasteiger partial charge < -0.3 is 29.4 Å². The summed E-state index contributed by atoms with van der Waals surface area (Å²) in [5.74, 6) is 0. The van der Waals surface area contributed by atoms with Crippen molar-refractivity contribution in [1.82, 2.24) is 4.57 Å². The zero-order chi connectivity index (χ0) is 87.9. The number of nitrogens with zero attached hydrogens (tertiary/aromatic N) is 1. The topological polar surface area (TPSA) is 67.3 Å². The van der Waals surface area contributed by atoms with Crippen LogP contribution in [0, 0.1) is 0 Å². The lowest BCUT2D eigenvalue weighted by Crippen LogP contribution is -1.96. The molecular weight excluding hydrogens is 1600 g/mol. The third kappa shape index (κ3) is 16.9. The largest absolute Gasteiger partial charge is 0.456 e. The maximum atomic E-state index is 6.05. The third-order valence-corrected chi connectivity index (χ3v) is 24.9. The Morgan fingerprint density at radius 1 is 0.144 bits per heavy atom. The van der Waals surface area contributed by atoms with Crippen molar-refractivity contribution >= 4 is 99.8 Å². The van der Waals surface area contributed by atoms with Crippen LogP contribution in [0.2, 0.25) is 0 Å². The fourth-order valence-electron chi connectivity index (χ4n) is 18.3. The summed E-state index contributed by atoms with van der Waals surface area (Å²) in [5, 5.41) is 18.3. The summed E-state index contributed by atoms with van der Waals surface area (Å²) in [7, 11) is 0. The van der Waals surface area contributed by atoms with Crippen LogP contribution in [0.5, 0.6) is 0 Å². The summed E-state index contributed by atoms with van der Waals surface area (Å²) in [6.45, 7) is 0. The van der Waals surface area contributed by atoms with E-state index in [0.29, 0.717) is 0 Å². The fraction of sp³-hybridized carbons (Fsp3) is 0. The lowest BCUT2D eigenvalue weighted by Gasteiger charge is -2.17. The monoisotopic (exact) mass is 1690 g/mol. The Morgan fingerprint density at radius 3 is 0.985 bits per heavy atom. The van der Waals surface area contributed by atoms with Crippen molar-refractivity contribution in [2.45, 2.75) is 0 Å². The van der Waals surface area contributed by atoms with E-state index < -0.39 is 0 Å². The number of fused-ring (bicyclic) bond motifs is 9. The van der Waals surface area contributed by atoms with Crippen LogP contribution in [0.3, 0.4) is 0 Å². The SMILES string of the molecule is c1ccc(-c2cc(Nc3cc(-c4ccc5c6ccccc6n(-c6cccc(-c7ccccc7)c6)c5c4)ccc3-c3ccccc3)cc(-c3ccccc3)c2)cc1.c1ccc(-c2ccc(Nc3ccc(-c4ccc5oc6ccccc6c5c4)cc3-c3ccccc3)cc2)cc1.c1ccc(-c2cccc(Nc3ccc(-c4ccc5oc6ccccc6c5c4)cc3-c3ccccc3)c2)cc1. The van der Waals surface area contributed by atoms with Gasteiger partial charge in [0.05, 0.1) is 11.0 Å². The van der Waals surface area contributed by atoms with E-state index in [2.05, 4.69) is 500 Å². The standard InChI is InChI=1S/C54H38N2.2C36H25NO/c1-5-16-38(17-6-1)42-24-15-25-48(35-42)56-53-27-14-13-26-50(53)51-31-29-44(37-54(51)56)43-28-30-49(41-22-11-4-12-23-41)52(36-43)55-47-33-45(39-18-7-2-8-19-39)32-46(34-47)40-20-9-3-10-21-40;1-3-10-25(11-4-1)27-14-9-15-30(22-27)37-34-20-18-28(23-32(34)26-12-5-2-6-13-26)29-19-21-36-33(24-29)31-16-7-8-17-35(31)38-36;1-3-9-25(10-4-1)26-15-19-30(20-16-26)37-34-21-17-28(23-32(34)27-11-5-2-6-12-27)29-18-22-36-33(24-29)31-13-7-8-14-35(31)38-36/h1-37,55H;2*1-24,37H. The maximum absolute atomic E-state index is 6.05. The molecule has 0 saturated carbocycles. The van der Waals surface area contributed by atoms with Crippen molar-refractivity contribution < 1.29 is 8.83 Å². The Hall–Kier alpha value is -17.6. The van der Waals surface area contributed by atoms with Crippen LogP contribution in [0.25, 0.3) is 194 Å². The molecule has 6 heteroatoms. The maximum Gasteiger partial charge on any atom is 0.135 e. The molecule has 624 valence electrons. The van der Waals surface area contributed by atoms with Crippen molar-refractivity contribution in [2.24, 2.45) is 0 Å². The Morgan fingerprint density at radius 2 is 0.470 bits per heavy atom. The minimum Gasteiger partial charge on any atom is -0.456 e. The quantitative estimate of drug-likeness (QED) is 0.0799. The second-order valence-electron chi connectivity index (χ2n) is 33.3. The van der Waals surface area contributed by atoms with Gasteiger partial charge in [-0.25, -0.2) is 0 Å². The first-order chi connectivity index (χ1) is 65.4. The zero-order valence-electron chi connectivity index (χ0n) is 72.3. The summed E-state index contributed by atoms with van der Waals surface area (Å²) in [5.41, 5.74) is 39.4. The molecule has 0 atom stereocenters. The number of hydrogen-bond acceptors (Lipinski definition) is 5. The van der Waals surface area contributed by atoms with Gasteiger partial charge in [-0.3, -0.25) is 0 Å². The summed E-state index contributed by atoms with van der Waals surface area (Å²) in [6.07, 6.45) is 0. The van der Waals surface area contributed by atoms with Crippen LogP contribution in [0.1, 0.15) is 0 Å². The molecule has 132 heavy (non-hydrogen) atoms. The molecule has 0 spiro atoms. The van der Waals surface area contributed by atoms with Gasteiger partial charge in [-0.1, -0.05) is 382 Å². The van der Waals surface area contributed by atoms with E-state index in [1.165, 1.54) is 111 Å². The molecule has 3 aromatic heterocycles. The van der Waals surface area contributed by atoms with Gasteiger partial charge in [-0.15, -0.1) is 0 Å². The average Bonchev–Trinajstić information content (AvgIpc) is 1.58. The molecule has 0 aliphatic heterocycles. The van der Waals surface area contributed by atoms with E-state index >= 15 is 0 Å². The van der Waals surface area contributed by atoms with E-state index in [1.807, 2.05) is 36.4 Å². The van der Waals surface area contributed by atoms with Crippen LogP contribution in [0.4, 0.5) is 34.1 Å². The van der Waals surface area contributed by atoms with Gasteiger partial charge in [0.25, 0.3) is 0 Å². The molecule has 0 saturated heterocycles. The second kappa shape index (κ2) is 36.4. The lowest BCUT2D eigenvalue weighted by molar-refractivity contribution is 0.668. The highest BCUT2D eigenvalue weighted by Gasteiger charge is 2.20. The first-order valence-electron chi connectivity index (χ1n) is 44.9. The van der Waals surface area contributed by atoms with E-state index in [9.17, 15) is 0 Å². The summed E-state index contributed by atoms with van der Waals surface area (Å²) in [6, 6.07) is 183. The highest BCUT2D eigenvalue weighted by molar-refractivity contribution is 6.11. The molecule has 0 fully saturated rings.